The summed E-state index contributed by atoms with van der Waals surface area (Å²) in [4.78, 5) is 2.60. The Balaban J connectivity index is 2.18. The first-order valence-electron chi connectivity index (χ1n) is 7.33. The number of hydrogen-bond acceptors (Lipinski definition) is 3. The average Bonchev–Trinajstić information content (AvgIpc) is 2.47. The van der Waals surface area contributed by atoms with Crippen molar-refractivity contribution in [1.82, 2.24) is 4.90 Å². The molecule has 0 radical (unpaired) electrons. The van der Waals surface area contributed by atoms with Crippen molar-refractivity contribution in [2.45, 2.75) is 44.0 Å². The van der Waals surface area contributed by atoms with Gasteiger partial charge < -0.3 is 5.73 Å². The predicted octanol–water partition coefficient (Wildman–Crippen LogP) is 3.12. The van der Waals surface area contributed by atoms with Gasteiger partial charge in [0.1, 0.15) is 0 Å². The molecule has 1 saturated heterocycles. The van der Waals surface area contributed by atoms with E-state index in [1.54, 1.807) is 0 Å². The molecule has 1 aliphatic heterocycles. The van der Waals surface area contributed by atoms with E-state index in [4.69, 9.17) is 5.73 Å². The van der Waals surface area contributed by atoms with Crippen LogP contribution in [0.4, 0.5) is 0 Å². The van der Waals surface area contributed by atoms with Crippen LogP contribution in [0.1, 0.15) is 32.3 Å². The van der Waals surface area contributed by atoms with Gasteiger partial charge in [-0.1, -0.05) is 44.2 Å². The summed E-state index contributed by atoms with van der Waals surface area (Å²) < 4.78 is 0. The molecule has 106 valence electrons. The van der Waals surface area contributed by atoms with E-state index >= 15 is 0 Å². The summed E-state index contributed by atoms with van der Waals surface area (Å²) in [6.07, 6.45) is 2.52. The van der Waals surface area contributed by atoms with Crippen LogP contribution in [0.15, 0.2) is 30.3 Å². The van der Waals surface area contributed by atoms with E-state index in [9.17, 15) is 0 Å². The van der Waals surface area contributed by atoms with Crippen molar-refractivity contribution in [3.63, 3.8) is 0 Å². The molecule has 0 saturated carbocycles. The number of hydrogen-bond donors (Lipinski definition) is 1. The van der Waals surface area contributed by atoms with Gasteiger partial charge in [-0.05, 0) is 30.7 Å². The summed E-state index contributed by atoms with van der Waals surface area (Å²) in [5.74, 6) is 1.28. The van der Waals surface area contributed by atoms with Gasteiger partial charge in [0.2, 0.25) is 0 Å². The highest BCUT2D eigenvalue weighted by molar-refractivity contribution is 8.00. The van der Waals surface area contributed by atoms with E-state index in [0.717, 1.165) is 19.6 Å². The van der Waals surface area contributed by atoms with Crippen molar-refractivity contribution in [3.8, 4) is 0 Å². The fraction of sp³-hybridized carbons (Fsp3) is 0.625. The highest BCUT2D eigenvalue weighted by Gasteiger charge is 2.41. The second kappa shape index (κ2) is 6.78. The number of benzene rings is 1. The van der Waals surface area contributed by atoms with Crippen LogP contribution in [-0.4, -0.2) is 34.5 Å². The lowest BCUT2D eigenvalue weighted by Gasteiger charge is -2.49. The third-order valence-corrected chi connectivity index (χ3v) is 5.92. The maximum absolute atomic E-state index is 6.20. The molecule has 0 aromatic heterocycles. The Bertz CT molecular complexity index is 382. The second-order valence-electron chi connectivity index (χ2n) is 5.42. The van der Waals surface area contributed by atoms with E-state index in [0.29, 0.717) is 5.25 Å². The van der Waals surface area contributed by atoms with Gasteiger partial charge in [0, 0.05) is 23.9 Å². The van der Waals surface area contributed by atoms with Crippen LogP contribution in [0.3, 0.4) is 0 Å². The zero-order chi connectivity index (χ0) is 13.7. The van der Waals surface area contributed by atoms with Crippen LogP contribution < -0.4 is 5.73 Å². The summed E-state index contributed by atoms with van der Waals surface area (Å²) in [7, 11) is 0. The maximum atomic E-state index is 6.20. The normalized spacial score (nSPS) is 27.7. The third-order valence-electron chi connectivity index (χ3n) is 4.46. The molecule has 0 spiro atoms. The van der Waals surface area contributed by atoms with Crippen molar-refractivity contribution >= 4 is 11.8 Å². The molecular weight excluding hydrogens is 252 g/mol. The molecule has 2 nitrogen and oxygen atoms in total. The van der Waals surface area contributed by atoms with Crippen LogP contribution >= 0.6 is 11.8 Å². The molecule has 1 fully saturated rings. The Hall–Kier alpha value is -0.510. The summed E-state index contributed by atoms with van der Waals surface area (Å²) in [6.45, 7) is 7.45. The second-order valence-corrected chi connectivity index (χ2v) is 6.87. The first-order valence-corrected chi connectivity index (χ1v) is 8.38. The number of thioether (sulfide) groups is 1. The van der Waals surface area contributed by atoms with E-state index in [-0.39, 0.29) is 5.54 Å². The van der Waals surface area contributed by atoms with Gasteiger partial charge in [-0.3, -0.25) is 4.90 Å². The molecule has 0 bridgehead atoms. The van der Waals surface area contributed by atoms with Crippen molar-refractivity contribution in [3.05, 3.63) is 35.9 Å². The van der Waals surface area contributed by atoms with Gasteiger partial charge in [-0.15, -0.1) is 0 Å². The minimum atomic E-state index is 0.174. The van der Waals surface area contributed by atoms with Gasteiger partial charge in [0.05, 0.1) is 0 Å². The first-order chi connectivity index (χ1) is 9.23. The standard InChI is InChI=1S/C16H26N2S/c1-3-18(12-15-8-5-4-6-9-15)16(13-17)10-7-11-19-14(16)2/h4-6,8-9,14H,3,7,10-13,17H2,1-2H3. The van der Waals surface area contributed by atoms with Crippen molar-refractivity contribution in [2.24, 2.45) is 5.73 Å². The van der Waals surface area contributed by atoms with Gasteiger partial charge in [0.25, 0.3) is 0 Å². The zero-order valence-electron chi connectivity index (χ0n) is 12.1. The Kier molecular flexibility index (Phi) is 5.31. The highest BCUT2D eigenvalue weighted by Crippen LogP contribution is 2.38. The molecule has 2 N–H and O–H groups in total. The number of rotatable bonds is 5. The largest absolute Gasteiger partial charge is 0.329 e. The molecule has 2 atom stereocenters. The molecule has 1 aromatic carbocycles. The molecule has 2 unspecified atom stereocenters. The predicted molar refractivity (Wildman–Crippen MR) is 85.5 cm³/mol. The molecule has 2 rings (SSSR count). The number of nitrogens with zero attached hydrogens (tertiary/aromatic N) is 1. The Morgan fingerprint density at radius 2 is 2.11 bits per heavy atom. The fourth-order valence-electron chi connectivity index (χ4n) is 3.20. The van der Waals surface area contributed by atoms with Crippen LogP contribution in [0.2, 0.25) is 0 Å². The summed E-state index contributed by atoms with van der Waals surface area (Å²) in [5, 5.41) is 0.620. The minimum absolute atomic E-state index is 0.174. The van der Waals surface area contributed by atoms with Gasteiger partial charge >= 0.3 is 0 Å². The lowest BCUT2D eigenvalue weighted by molar-refractivity contribution is 0.0796. The quantitative estimate of drug-likeness (QED) is 0.897. The van der Waals surface area contributed by atoms with E-state index in [1.807, 2.05) is 0 Å². The maximum Gasteiger partial charge on any atom is 0.0451 e. The number of nitrogens with two attached hydrogens (primary N) is 1. The molecule has 1 aliphatic rings. The van der Waals surface area contributed by atoms with Crippen LogP contribution in [0, 0.1) is 0 Å². The lowest BCUT2D eigenvalue weighted by Crippen LogP contribution is -2.60. The molecule has 1 heterocycles. The summed E-state index contributed by atoms with van der Waals surface area (Å²) >= 11 is 2.08. The topological polar surface area (TPSA) is 29.3 Å². The first kappa shape index (κ1) is 14.9. The molecule has 3 heteroatoms. The van der Waals surface area contributed by atoms with Crippen LogP contribution in [-0.2, 0) is 6.54 Å². The highest BCUT2D eigenvalue weighted by atomic mass is 32.2. The van der Waals surface area contributed by atoms with Gasteiger partial charge in [0.15, 0.2) is 0 Å². The van der Waals surface area contributed by atoms with Crippen molar-refractivity contribution in [2.75, 3.05) is 18.8 Å². The Morgan fingerprint density at radius 3 is 2.68 bits per heavy atom. The lowest BCUT2D eigenvalue weighted by atomic mass is 9.87. The van der Waals surface area contributed by atoms with E-state index in [1.165, 1.54) is 24.2 Å². The van der Waals surface area contributed by atoms with Gasteiger partial charge in [-0.25, -0.2) is 0 Å². The van der Waals surface area contributed by atoms with Crippen LogP contribution in [0.25, 0.3) is 0 Å². The monoisotopic (exact) mass is 278 g/mol. The van der Waals surface area contributed by atoms with Crippen molar-refractivity contribution in [1.29, 1.82) is 0 Å². The molecule has 1 aromatic rings. The Morgan fingerprint density at radius 1 is 1.37 bits per heavy atom. The fourth-order valence-corrected chi connectivity index (χ4v) is 4.54. The average molecular weight is 278 g/mol. The van der Waals surface area contributed by atoms with E-state index < -0.39 is 0 Å². The zero-order valence-corrected chi connectivity index (χ0v) is 13.0. The molecule has 0 aliphatic carbocycles. The number of likely N-dealkylation sites (N-methyl/N-ethyl adjacent to an activating group) is 1. The molecule has 19 heavy (non-hydrogen) atoms. The van der Waals surface area contributed by atoms with E-state index in [2.05, 4.69) is 60.8 Å². The summed E-state index contributed by atoms with van der Waals surface area (Å²) in [5.41, 5.74) is 7.77. The Labute approximate surface area is 121 Å². The summed E-state index contributed by atoms with van der Waals surface area (Å²) in [6, 6.07) is 10.8. The molecule has 0 amide bonds. The molecular formula is C16H26N2S. The minimum Gasteiger partial charge on any atom is -0.329 e. The van der Waals surface area contributed by atoms with Crippen molar-refractivity contribution < 1.29 is 0 Å². The third kappa shape index (κ3) is 3.15. The van der Waals surface area contributed by atoms with Gasteiger partial charge in [-0.2, -0.15) is 11.8 Å². The van der Waals surface area contributed by atoms with Crippen LogP contribution in [0.5, 0.6) is 0 Å². The SMILES string of the molecule is CCN(Cc1ccccc1)C1(CN)CCCSC1C. The smallest absolute Gasteiger partial charge is 0.0451 e.